The molecular weight excluding hydrogens is 256 g/mol. The molecule has 0 N–H and O–H groups in total. The molecule has 0 bridgehead atoms. The highest BCUT2D eigenvalue weighted by molar-refractivity contribution is 5.65. The molecule has 0 aliphatic carbocycles. The van der Waals surface area contributed by atoms with Gasteiger partial charge in [0.1, 0.15) is 11.9 Å². The molecule has 0 fully saturated rings. The third-order valence-corrected chi connectivity index (χ3v) is 3.68. The first-order valence-electron chi connectivity index (χ1n) is 7.06. The number of fused-ring (bicyclic) bond motifs is 1. The summed E-state index contributed by atoms with van der Waals surface area (Å²) in [5, 5.41) is 0. The zero-order chi connectivity index (χ0) is 14.1. The summed E-state index contributed by atoms with van der Waals surface area (Å²) in [5.41, 5.74) is 4.73. The second kappa shape index (κ2) is 4.91. The number of nitrogens with zero attached hydrogens (tertiary/aromatic N) is 2. The Hall–Kier alpha value is -2.87. The van der Waals surface area contributed by atoms with E-state index >= 15 is 0 Å². The van der Waals surface area contributed by atoms with Gasteiger partial charge in [0, 0.05) is 11.6 Å². The van der Waals surface area contributed by atoms with Crippen molar-refractivity contribution >= 4 is 5.65 Å². The summed E-state index contributed by atoms with van der Waals surface area (Å²) in [6.07, 6.45) is 4.26. The van der Waals surface area contributed by atoms with Gasteiger partial charge < -0.3 is 0 Å². The average molecular weight is 271 g/mol. The van der Waals surface area contributed by atoms with Gasteiger partial charge in [0.05, 0.1) is 6.20 Å². The molecule has 2 aromatic heterocycles. The van der Waals surface area contributed by atoms with Crippen molar-refractivity contribution in [2.75, 3.05) is 0 Å². The molecule has 0 amide bonds. The van der Waals surface area contributed by atoms with E-state index in [-0.39, 0.29) is 0 Å². The summed E-state index contributed by atoms with van der Waals surface area (Å²) in [5.74, 6) is 0. The van der Waals surface area contributed by atoms with Crippen LogP contribution in [0.1, 0.15) is 0 Å². The molecule has 2 nitrogen and oxygen atoms in total. The average Bonchev–Trinajstić information content (AvgIpc) is 2.96. The van der Waals surface area contributed by atoms with E-state index in [1.165, 1.54) is 16.9 Å². The zero-order valence-electron chi connectivity index (χ0n) is 11.6. The van der Waals surface area contributed by atoms with Crippen molar-refractivity contribution in [1.82, 2.24) is 4.57 Å². The Morgan fingerprint density at radius 1 is 0.667 bits per heavy atom. The first kappa shape index (κ1) is 11.9. The highest BCUT2D eigenvalue weighted by atomic mass is 15.1. The minimum absolute atomic E-state index is 1.16. The fraction of sp³-hybridized carbons (Fsp3) is 0. The summed E-state index contributed by atoms with van der Waals surface area (Å²) in [6, 6.07) is 27.2. The van der Waals surface area contributed by atoms with Gasteiger partial charge in [0.15, 0.2) is 5.69 Å². The van der Waals surface area contributed by atoms with Gasteiger partial charge in [-0.15, -0.1) is 0 Å². The Morgan fingerprint density at radius 3 is 2.10 bits per heavy atom. The molecule has 4 rings (SSSR count). The van der Waals surface area contributed by atoms with E-state index in [4.69, 9.17) is 0 Å². The van der Waals surface area contributed by atoms with Crippen LogP contribution in [0.15, 0.2) is 91.3 Å². The smallest absolute Gasteiger partial charge is 0.202 e. The van der Waals surface area contributed by atoms with Crippen LogP contribution in [-0.2, 0) is 0 Å². The van der Waals surface area contributed by atoms with Crippen LogP contribution in [0.5, 0.6) is 0 Å². The quantitative estimate of drug-likeness (QED) is 0.489. The number of imidazole rings is 1. The SMILES string of the molecule is c1ccc(-c2c[n+]3ccccc3n2-c2ccccc2)cc1. The number of hydrogen-bond donors (Lipinski definition) is 0. The summed E-state index contributed by atoms with van der Waals surface area (Å²) < 4.78 is 4.45. The van der Waals surface area contributed by atoms with Gasteiger partial charge in [-0.3, -0.25) is 0 Å². The van der Waals surface area contributed by atoms with E-state index in [1.807, 2.05) is 12.1 Å². The molecule has 2 aromatic carbocycles. The van der Waals surface area contributed by atoms with Gasteiger partial charge in [0.25, 0.3) is 5.65 Å². The lowest BCUT2D eigenvalue weighted by Crippen LogP contribution is -2.17. The topological polar surface area (TPSA) is 9.03 Å². The second-order valence-corrected chi connectivity index (χ2v) is 5.02. The molecule has 0 aliphatic heterocycles. The van der Waals surface area contributed by atoms with Crippen molar-refractivity contribution in [3.05, 3.63) is 91.3 Å². The maximum atomic E-state index is 2.29. The third-order valence-electron chi connectivity index (χ3n) is 3.68. The van der Waals surface area contributed by atoms with Crippen LogP contribution in [0.2, 0.25) is 0 Å². The molecule has 21 heavy (non-hydrogen) atoms. The molecule has 2 heteroatoms. The van der Waals surface area contributed by atoms with Gasteiger partial charge in [-0.2, -0.15) is 4.57 Å². The Bertz CT molecular complexity index is 877. The minimum Gasteiger partial charge on any atom is -0.202 e. The fourth-order valence-corrected chi connectivity index (χ4v) is 2.72. The molecule has 0 aliphatic rings. The number of benzene rings is 2. The molecule has 0 spiro atoms. The molecular formula is C19H15N2+. The number of pyridine rings is 1. The molecule has 100 valence electrons. The van der Waals surface area contributed by atoms with Crippen molar-refractivity contribution in [1.29, 1.82) is 0 Å². The van der Waals surface area contributed by atoms with Gasteiger partial charge >= 0.3 is 0 Å². The largest absolute Gasteiger partial charge is 0.291 e. The van der Waals surface area contributed by atoms with Gasteiger partial charge in [-0.1, -0.05) is 54.6 Å². The molecule has 0 radical (unpaired) electrons. The van der Waals surface area contributed by atoms with Crippen LogP contribution in [0.25, 0.3) is 22.6 Å². The van der Waals surface area contributed by atoms with Gasteiger partial charge in [-0.05, 0) is 18.2 Å². The second-order valence-electron chi connectivity index (χ2n) is 5.02. The van der Waals surface area contributed by atoms with Crippen molar-refractivity contribution in [2.24, 2.45) is 0 Å². The lowest BCUT2D eigenvalue weighted by atomic mass is 10.1. The van der Waals surface area contributed by atoms with E-state index in [1.54, 1.807) is 0 Å². The van der Waals surface area contributed by atoms with Crippen LogP contribution in [0.4, 0.5) is 0 Å². The molecule has 0 unspecified atom stereocenters. The molecule has 0 saturated carbocycles. The van der Waals surface area contributed by atoms with E-state index in [0.717, 1.165) is 5.65 Å². The summed E-state index contributed by atoms with van der Waals surface area (Å²) >= 11 is 0. The van der Waals surface area contributed by atoms with Gasteiger partial charge in [0.2, 0.25) is 0 Å². The van der Waals surface area contributed by atoms with Crippen molar-refractivity contribution < 1.29 is 4.40 Å². The van der Waals surface area contributed by atoms with E-state index in [9.17, 15) is 0 Å². The van der Waals surface area contributed by atoms with Crippen molar-refractivity contribution in [2.45, 2.75) is 0 Å². The maximum Gasteiger partial charge on any atom is 0.291 e. The summed E-state index contributed by atoms with van der Waals surface area (Å²) in [7, 11) is 0. The van der Waals surface area contributed by atoms with E-state index < -0.39 is 0 Å². The lowest BCUT2D eigenvalue weighted by Gasteiger charge is -2.02. The van der Waals surface area contributed by atoms with Crippen LogP contribution >= 0.6 is 0 Å². The lowest BCUT2D eigenvalue weighted by molar-refractivity contribution is -0.510. The first-order valence-corrected chi connectivity index (χ1v) is 7.06. The number of rotatable bonds is 2. The Morgan fingerprint density at radius 2 is 1.33 bits per heavy atom. The highest BCUT2D eigenvalue weighted by Crippen LogP contribution is 2.24. The molecule has 4 aromatic rings. The number of para-hydroxylation sites is 1. The molecule has 0 atom stereocenters. The van der Waals surface area contributed by atoms with Crippen LogP contribution in [-0.4, -0.2) is 4.57 Å². The van der Waals surface area contributed by atoms with Crippen LogP contribution in [0, 0.1) is 0 Å². The summed E-state index contributed by atoms with van der Waals surface area (Å²) in [6.45, 7) is 0. The Kier molecular flexibility index (Phi) is 2.79. The number of aromatic nitrogens is 2. The number of hydrogen-bond acceptors (Lipinski definition) is 0. The van der Waals surface area contributed by atoms with Crippen LogP contribution in [0.3, 0.4) is 0 Å². The Labute approximate surface area is 123 Å². The predicted molar refractivity (Wildman–Crippen MR) is 84.4 cm³/mol. The minimum atomic E-state index is 1.16. The molecule has 0 saturated heterocycles. The van der Waals surface area contributed by atoms with Crippen molar-refractivity contribution in [3.63, 3.8) is 0 Å². The normalized spacial score (nSPS) is 10.9. The standard InChI is InChI=1S/C19H15N2/c1-3-9-16(10-4-1)18-15-20-14-8-7-13-19(20)21(18)17-11-5-2-6-12-17/h1-15H/q+1. The van der Waals surface area contributed by atoms with Crippen LogP contribution < -0.4 is 4.40 Å². The maximum absolute atomic E-state index is 2.29. The van der Waals surface area contributed by atoms with E-state index in [2.05, 4.69) is 88.1 Å². The fourth-order valence-electron chi connectivity index (χ4n) is 2.72. The monoisotopic (exact) mass is 271 g/mol. The zero-order valence-corrected chi connectivity index (χ0v) is 11.6. The summed E-state index contributed by atoms with van der Waals surface area (Å²) in [4.78, 5) is 0. The first-order chi connectivity index (χ1) is 10.4. The van der Waals surface area contributed by atoms with Gasteiger partial charge in [-0.25, -0.2) is 4.40 Å². The third kappa shape index (κ3) is 2.01. The molecule has 2 heterocycles. The highest BCUT2D eigenvalue weighted by Gasteiger charge is 2.19. The van der Waals surface area contributed by atoms with Crippen molar-refractivity contribution in [3.8, 4) is 16.9 Å². The van der Waals surface area contributed by atoms with E-state index in [0.29, 0.717) is 0 Å². The predicted octanol–water partition coefficient (Wildman–Crippen LogP) is 3.88. The Balaban J connectivity index is 2.07.